The number of amides is 1. The van der Waals surface area contributed by atoms with E-state index < -0.39 is 25.7 Å². The average Bonchev–Trinajstić information content (AvgIpc) is 2.59. The third kappa shape index (κ3) is 3.06. The average molecular weight is 313 g/mol. The largest absolute Gasteiger partial charge is 0.467 e. The Kier molecular flexibility index (Phi) is 4.75. The maximum Gasteiger partial charge on any atom is 0.338 e. The van der Waals surface area contributed by atoms with Crippen molar-refractivity contribution in [3.05, 3.63) is 12.2 Å². The quantitative estimate of drug-likeness (QED) is 0.491. The number of ether oxygens (including phenoxy) is 1. The lowest BCUT2D eigenvalue weighted by Crippen LogP contribution is -2.57. The molecule has 0 radical (unpaired) electrons. The maximum absolute atomic E-state index is 12.2. The van der Waals surface area contributed by atoms with Crippen LogP contribution in [0.2, 0.25) is 18.1 Å². The SMILES string of the molecule is C=C1[C@@H](C)C(=O)N[C@]1(CO[Si](C)(C)C(C)(C)C)C(=O)OC. The van der Waals surface area contributed by atoms with Crippen LogP contribution in [0.5, 0.6) is 0 Å². The van der Waals surface area contributed by atoms with E-state index in [9.17, 15) is 9.59 Å². The zero-order chi connectivity index (χ0) is 16.6. The monoisotopic (exact) mass is 313 g/mol. The fourth-order valence-corrected chi connectivity index (χ4v) is 2.99. The predicted octanol–water partition coefficient (Wildman–Crippen LogP) is 2.24. The normalized spacial score (nSPS) is 26.7. The Morgan fingerprint density at radius 3 is 2.29 bits per heavy atom. The zero-order valence-corrected chi connectivity index (χ0v) is 15.1. The molecule has 1 heterocycles. The predicted molar refractivity (Wildman–Crippen MR) is 84.3 cm³/mol. The smallest absolute Gasteiger partial charge is 0.338 e. The second-order valence-corrected chi connectivity index (χ2v) is 12.0. The number of rotatable bonds is 4. The molecule has 1 amide bonds. The number of carbonyl (C=O) groups excluding carboxylic acids is 2. The van der Waals surface area contributed by atoms with E-state index in [2.05, 4.69) is 45.8 Å². The fourth-order valence-electron chi connectivity index (χ4n) is 1.98. The van der Waals surface area contributed by atoms with Crippen molar-refractivity contribution in [3.8, 4) is 0 Å². The Hall–Kier alpha value is -1.14. The van der Waals surface area contributed by atoms with Gasteiger partial charge in [0.05, 0.1) is 19.6 Å². The zero-order valence-electron chi connectivity index (χ0n) is 14.1. The van der Waals surface area contributed by atoms with E-state index in [4.69, 9.17) is 9.16 Å². The van der Waals surface area contributed by atoms with E-state index in [1.54, 1.807) is 6.92 Å². The third-order valence-corrected chi connectivity index (χ3v) is 9.27. The minimum Gasteiger partial charge on any atom is -0.467 e. The van der Waals surface area contributed by atoms with Gasteiger partial charge in [-0.2, -0.15) is 0 Å². The molecule has 0 unspecified atom stereocenters. The van der Waals surface area contributed by atoms with Gasteiger partial charge in [-0.25, -0.2) is 4.79 Å². The number of hydrogen-bond donors (Lipinski definition) is 1. The van der Waals surface area contributed by atoms with Gasteiger partial charge in [0.2, 0.25) is 5.91 Å². The molecule has 1 aliphatic rings. The summed E-state index contributed by atoms with van der Waals surface area (Å²) in [4.78, 5) is 24.2. The molecule has 1 rings (SSSR count). The van der Waals surface area contributed by atoms with Gasteiger partial charge in [-0.3, -0.25) is 4.79 Å². The summed E-state index contributed by atoms with van der Waals surface area (Å²) in [5.41, 5.74) is -0.751. The Bertz CT molecular complexity index is 467. The van der Waals surface area contributed by atoms with Crippen LogP contribution in [0.15, 0.2) is 12.2 Å². The van der Waals surface area contributed by atoms with Gasteiger partial charge in [0.15, 0.2) is 13.9 Å². The minimum atomic E-state index is -2.05. The highest BCUT2D eigenvalue weighted by Gasteiger charge is 2.54. The summed E-state index contributed by atoms with van der Waals surface area (Å²) in [6.07, 6.45) is 0. The Morgan fingerprint density at radius 1 is 1.43 bits per heavy atom. The van der Waals surface area contributed by atoms with Gasteiger partial charge in [0.25, 0.3) is 0 Å². The first-order chi connectivity index (χ1) is 9.39. The second kappa shape index (κ2) is 5.57. The summed E-state index contributed by atoms with van der Waals surface area (Å²) in [7, 11) is -0.747. The van der Waals surface area contributed by atoms with Crippen molar-refractivity contribution in [1.29, 1.82) is 0 Å². The van der Waals surface area contributed by atoms with Crippen LogP contribution in [0.4, 0.5) is 0 Å². The third-order valence-electron chi connectivity index (χ3n) is 4.79. The first kappa shape index (κ1) is 17.9. The highest BCUT2D eigenvalue weighted by molar-refractivity contribution is 6.74. The van der Waals surface area contributed by atoms with E-state index in [0.29, 0.717) is 5.57 Å². The lowest BCUT2D eigenvalue weighted by Gasteiger charge is -2.39. The molecule has 21 heavy (non-hydrogen) atoms. The number of nitrogens with one attached hydrogen (secondary N) is 1. The van der Waals surface area contributed by atoms with Crippen molar-refractivity contribution in [2.45, 2.75) is 51.4 Å². The van der Waals surface area contributed by atoms with E-state index in [1.165, 1.54) is 7.11 Å². The highest BCUT2D eigenvalue weighted by atomic mass is 28.4. The molecule has 1 fully saturated rings. The van der Waals surface area contributed by atoms with Crippen LogP contribution in [0, 0.1) is 5.92 Å². The number of methoxy groups -OCH3 is 1. The molecule has 0 spiro atoms. The van der Waals surface area contributed by atoms with Gasteiger partial charge in [-0.1, -0.05) is 27.4 Å². The summed E-state index contributed by atoms with van der Waals surface area (Å²) >= 11 is 0. The van der Waals surface area contributed by atoms with Crippen molar-refractivity contribution in [2.75, 3.05) is 13.7 Å². The topological polar surface area (TPSA) is 64.6 Å². The molecule has 0 aromatic heterocycles. The molecule has 1 aliphatic heterocycles. The molecule has 1 saturated heterocycles. The van der Waals surface area contributed by atoms with Crippen LogP contribution >= 0.6 is 0 Å². The van der Waals surface area contributed by atoms with Crippen molar-refractivity contribution in [3.63, 3.8) is 0 Å². The highest BCUT2D eigenvalue weighted by Crippen LogP contribution is 2.39. The summed E-state index contributed by atoms with van der Waals surface area (Å²) < 4.78 is 11.0. The molecule has 1 N–H and O–H groups in total. The molecule has 0 aliphatic carbocycles. The fraction of sp³-hybridized carbons (Fsp3) is 0.733. The standard InChI is InChI=1S/C15H27NO4Si/c1-10-11(2)15(13(18)19-6,16-12(10)17)9-20-21(7,8)14(3,4)5/h10H,2,9H2,1,3-8H3,(H,16,17)/t10-,15+/m1/s1. The summed E-state index contributed by atoms with van der Waals surface area (Å²) in [5, 5.41) is 2.74. The van der Waals surface area contributed by atoms with Gasteiger partial charge in [0.1, 0.15) is 0 Å². The molecule has 0 saturated carbocycles. The molecule has 0 aromatic carbocycles. The number of esters is 1. The Balaban J connectivity index is 3.06. The number of carbonyl (C=O) groups is 2. The minimum absolute atomic E-state index is 0.0138. The molecular formula is C15H27NO4Si. The lowest BCUT2D eigenvalue weighted by atomic mass is 9.89. The van der Waals surface area contributed by atoms with Crippen LogP contribution < -0.4 is 5.32 Å². The van der Waals surface area contributed by atoms with E-state index in [1.807, 2.05) is 0 Å². The molecule has 120 valence electrons. The van der Waals surface area contributed by atoms with Gasteiger partial charge in [-0.05, 0) is 30.6 Å². The van der Waals surface area contributed by atoms with E-state index in [-0.39, 0.29) is 17.6 Å². The first-order valence-electron chi connectivity index (χ1n) is 7.13. The molecule has 5 nitrogen and oxygen atoms in total. The maximum atomic E-state index is 12.2. The molecule has 2 atom stereocenters. The van der Waals surface area contributed by atoms with Crippen molar-refractivity contribution >= 4 is 20.2 Å². The van der Waals surface area contributed by atoms with E-state index >= 15 is 0 Å². The Morgan fingerprint density at radius 2 is 1.95 bits per heavy atom. The Labute approximate surface area is 128 Å². The van der Waals surface area contributed by atoms with Crippen LogP contribution in [-0.4, -0.2) is 39.4 Å². The number of hydrogen-bond acceptors (Lipinski definition) is 4. The van der Waals surface area contributed by atoms with Gasteiger partial charge >= 0.3 is 5.97 Å². The summed E-state index contributed by atoms with van der Waals surface area (Å²) in [6.45, 7) is 16.3. The van der Waals surface area contributed by atoms with Gasteiger partial charge < -0.3 is 14.5 Å². The van der Waals surface area contributed by atoms with Crippen LogP contribution in [0.3, 0.4) is 0 Å². The van der Waals surface area contributed by atoms with E-state index in [0.717, 1.165) is 0 Å². The summed E-state index contributed by atoms with van der Waals surface area (Å²) in [5.74, 6) is -1.17. The van der Waals surface area contributed by atoms with Crippen molar-refractivity contribution in [1.82, 2.24) is 5.32 Å². The van der Waals surface area contributed by atoms with Crippen molar-refractivity contribution < 1.29 is 18.8 Å². The van der Waals surface area contributed by atoms with Crippen molar-refractivity contribution in [2.24, 2.45) is 5.92 Å². The second-order valence-electron chi connectivity index (χ2n) is 7.18. The molecule has 0 aromatic rings. The molecular weight excluding hydrogens is 286 g/mol. The van der Waals surface area contributed by atoms with Crippen LogP contribution in [0.1, 0.15) is 27.7 Å². The first-order valence-corrected chi connectivity index (χ1v) is 10.0. The molecule has 0 bridgehead atoms. The van der Waals surface area contributed by atoms with Gasteiger partial charge in [-0.15, -0.1) is 0 Å². The van der Waals surface area contributed by atoms with Crippen LogP contribution in [0.25, 0.3) is 0 Å². The van der Waals surface area contributed by atoms with Gasteiger partial charge in [0, 0.05) is 0 Å². The molecule has 6 heteroatoms. The summed E-state index contributed by atoms with van der Waals surface area (Å²) in [6, 6.07) is 0. The lowest BCUT2D eigenvalue weighted by molar-refractivity contribution is -0.148. The van der Waals surface area contributed by atoms with Crippen LogP contribution in [-0.2, 0) is 18.8 Å².